The molecule has 4 nitrogen and oxygen atoms in total. The van der Waals surface area contributed by atoms with Crippen molar-refractivity contribution in [3.05, 3.63) is 0 Å². The van der Waals surface area contributed by atoms with E-state index < -0.39 is 0 Å². The van der Waals surface area contributed by atoms with Crippen LogP contribution in [0.3, 0.4) is 0 Å². The fraction of sp³-hybridized carbons (Fsp3) is 0.833. The molecular formula is C12H20N2O2S. The first kappa shape index (κ1) is 12.8. The van der Waals surface area contributed by atoms with E-state index in [-0.39, 0.29) is 17.9 Å². The fourth-order valence-electron chi connectivity index (χ4n) is 2.55. The number of likely N-dealkylation sites (tertiary alicyclic amines) is 1. The van der Waals surface area contributed by atoms with Gasteiger partial charge in [-0.15, -0.1) is 0 Å². The van der Waals surface area contributed by atoms with Gasteiger partial charge in [-0.25, -0.2) is 0 Å². The molecule has 0 aromatic heterocycles. The van der Waals surface area contributed by atoms with Crippen LogP contribution in [0.15, 0.2) is 0 Å². The SMILES string of the molecule is NC(=S)C1CCCN(C(=O)C2CCCCO2)C1. The Morgan fingerprint density at radius 3 is 2.76 bits per heavy atom. The summed E-state index contributed by atoms with van der Waals surface area (Å²) in [6.45, 7) is 2.20. The van der Waals surface area contributed by atoms with Crippen LogP contribution < -0.4 is 5.73 Å². The summed E-state index contributed by atoms with van der Waals surface area (Å²) in [6, 6.07) is 0. The molecule has 2 heterocycles. The number of ether oxygens (including phenoxy) is 1. The van der Waals surface area contributed by atoms with Crippen molar-refractivity contribution >= 4 is 23.1 Å². The molecule has 2 atom stereocenters. The predicted octanol–water partition coefficient (Wildman–Crippen LogP) is 1.08. The fourth-order valence-corrected chi connectivity index (χ4v) is 2.74. The van der Waals surface area contributed by atoms with Gasteiger partial charge in [0.1, 0.15) is 6.10 Å². The lowest BCUT2D eigenvalue weighted by Gasteiger charge is -2.35. The Morgan fingerprint density at radius 2 is 2.12 bits per heavy atom. The molecule has 0 saturated carbocycles. The molecule has 1 amide bonds. The largest absolute Gasteiger partial charge is 0.393 e. The Morgan fingerprint density at radius 1 is 1.29 bits per heavy atom. The second-order valence-electron chi connectivity index (χ2n) is 4.88. The summed E-state index contributed by atoms with van der Waals surface area (Å²) in [5, 5.41) is 0. The molecule has 2 fully saturated rings. The number of piperidine rings is 1. The number of amides is 1. The Labute approximate surface area is 107 Å². The van der Waals surface area contributed by atoms with Gasteiger partial charge in [-0.05, 0) is 32.1 Å². The van der Waals surface area contributed by atoms with Crippen molar-refractivity contribution in [3.8, 4) is 0 Å². The number of hydrogen-bond donors (Lipinski definition) is 1. The van der Waals surface area contributed by atoms with Crippen LogP contribution in [0.4, 0.5) is 0 Å². The standard InChI is InChI=1S/C12H20N2O2S/c13-11(17)9-4-3-6-14(8-9)12(15)10-5-1-2-7-16-10/h9-10H,1-8H2,(H2,13,17). The maximum Gasteiger partial charge on any atom is 0.251 e. The second kappa shape index (κ2) is 5.78. The average molecular weight is 256 g/mol. The number of nitrogens with zero attached hydrogens (tertiary/aromatic N) is 1. The van der Waals surface area contributed by atoms with Crippen LogP contribution >= 0.6 is 12.2 Å². The molecule has 2 aliphatic heterocycles. The lowest BCUT2D eigenvalue weighted by molar-refractivity contribution is -0.147. The quantitative estimate of drug-likeness (QED) is 0.751. The van der Waals surface area contributed by atoms with E-state index in [1.807, 2.05) is 4.90 Å². The highest BCUT2D eigenvalue weighted by Gasteiger charge is 2.31. The van der Waals surface area contributed by atoms with E-state index >= 15 is 0 Å². The molecule has 17 heavy (non-hydrogen) atoms. The summed E-state index contributed by atoms with van der Waals surface area (Å²) in [5.41, 5.74) is 5.67. The number of hydrogen-bond acceptors (Lipinski definition) is 3. The molecule has 0 aliphatic carbocycles. The minimum Gasteiger partial charge on any atom is -0.393 e. The first-order valence-corrected chi connectivity index (χ1v) is 6.79. The van der Waals surface area contributed by atoms with Crippen LogP contribution in [0.5, 0.6) is 0 Å². The Hall–Kier alpha value is -0.680. The van der Waals surface area contributed by atoms with Crippen LogP contribution in [0.25, 0.3) is 0 Å². The molecule has 0 aromatic carbocycles. The zero-order chi connectivity index (χ0) is 12.3. The van der Waals surface area contributed by atoms with E-state index in [1.54, 1.807) is 0 Å². The molecule has 2 saturated heterocycles. The highest BCUT2D eigenvalue weighted by molar-refractivity contribution is 7.80. The predicted molar refractivity (Wildman–Crippen MR) is 69.7 cm³/mol. The maximum absolute atomic E-state index is 12.2. The second-order valence-corrected chi connectivity index (χ2v) is 5.35. The zero-order valence-corrected chi connectivity index (χ0v) is 10.9. The molecule has 2 N–H and O–H groups in total. The third-order valence-corrected chi connectivity index (χ3v) is 3.92. The van der Waals surface area contributed by atoms with Gasteiger partial charge in [-0.1, -0.05) is 12.2 Å². The maximum atomic E-state index is 12.2. The van der Waals surface area contributed by atoms with Gasteiger partial charge in [-0.2, -0.15) is 0 Å². The topological polar surface area (TPSA) is 55.6 Å². The van der Waals surface area contributed by atoms with Gasteiger partial charge in [0.2, 0.25) is 0 Å². The average Bonchev–Trinajstić information content (AvgIpc) is 2.39. The summed E-state index contributed by atoms with van der Waals surface area (Å²) < 4.78 is 5.53. The van der Waals surface area contributed by atoms with E-state index in [1.165, 1.54) is 0 Å². The smallest absolute Gasteiger partial charge is 0.251 e. The molecule has 2 rings (SSSR count). The molecule has 0 spiro atoms. The number of carbonyl (C=O) groups is 1. The molecule has 2 unspecified atom stereocenters. The highest BCUT2D eigenvalue weighted by Crippen LogP contribution is 2.21. The summed E-state index contributed by atoms with van der Waals surface area (Å²) in [7, 11) is 0. The summed E-state index contributed by atoms with van der Waals surface area (Å²) in [5.74, 6) is 0.317. The van der Waals surface area contributed by atoms with E-state index in [9.17, 15) is 4.79 Å². The Bertz CT molecular complexity index is 303. The van der Waals surface area contributed by atoms with Gasteiger partial charge >= 0.3 is 0 Å². The van der Waals surface area contributed by atoms with Crippen molar-refractivity contribution in [1.82, 2.24) is 4.90 Å². The molecule has 0 bridgehead atoms. The van der Waals surface area contributed by atoms with Crippen LogP contribution in [-0.2, 0) is 9.53 Å². The number of thiocarbonyl (C=S) groups is 1. The van der Waals surface area contributed by atoms with Crippen LogP contribution in [0, 0.1) is 5.92 Å². The molecule has 5 heteroatoms. The van der Waals surface area contributed by atoms with E-state index in [0.29, 0.717) is 18.1 Å². The van der Waals surface area contributed by atoms with Crippen molar-refractivity contribution in [2.75, 3.05) is 19.7 Å². The van der Waals surface area contributed by atoms with Gasteiger partial charge in [0.05, 0.1) is 4.99 Å². The first-order chi connectivity index (χ1) is 8.18. The first-order valence-electron chi connectivity index (χ1n) is 6.38. The lowest BCUT2D eigenvalue weighted by atomic mass is 9.97. The number of nitrogens with two attached hydrogens (primary N) is 1. The third kappa shape index (κ3) is 3.16. The lowest BCUT2D eigenvalue weighted by Crippen LogP contribution is -2.48. The van der Waals surface area contributed by atoms with Gasteiger partial charge in [0, 0.05) is 25.6 Å². The van der Waals surface area contributed by atoms with Gasteiger partial charge in [-0.3, -0.25) is 4.79 Å². The zero-order valence-electron chi connectivity index (χ0n) is 10.1. The number of carbonyl (C=O) groups excluding carboxylic acids is 1. The normalized spacial score (nSPS) is 30.0. The van der Waals surface area contributed by atoms with Crippen LogP contribution in [0.1, 0.15) is 32.1 Å². The van der Waals surface area contributed by atoms with E-state index in [2.05, 4.69) is 0 Å². The van der Waals surface area contributed by atoms with Gasteiger partial charge in [0.15, 0.2) is 0 Å². The Balaban J connectivity index is 1.91. The third-order valence-electron chi connectivity index (χ3n) is 3.59. The Kier molecular flexibility index (Phi) is 4.34. The minimum absolute atomic E-state index is 0.130. The van der Waals surface area contributed by atoms with Crippen molar-refractivity contribution < 1.29 is 9.53 Å². The minimum atomic E-state index is -0.228. The van der Waals surface area contributed by atoms with Crippen LogP contribution in [-0.4, -0.2) is 41.6 Å². The summed E-state index contributed by atoms with van der Waals surface area (Å²) >= 11 is 5.02. The van der Waals surface area contributed by atoms with Crippen molar-refractivity contribution in [2.45, 2.75) is 38.2 Å². The van der Waals surface area contributed by atoms with E-state index in [0.717, 1.165) is 38.6 Å². The monoisotopic (exact) mass is 256 g/mol. The summed E-state index contributed by atoms with van der Waals surface area (Å²) in [6.07, 6.45) is 4.77. The van der Waals surface area contributed by atoms with Gasteiger partial charge in [0.25, 0.3) is 5.91 Å². The molecule has 0 radical (unpaired) electrons. The van der Waals surface area contributed by atoms with Crippen molar-refractivity contribution in [3.63, 3.8) is 0 Å². The number of rotatable bonds is 2. The molecule has 2 aliphatic rings. The van der Waals surface area contributed by atoms with Gasteiger partial charge < -0.3 is 15.4 Å². The molecule has 96 valence electrons. The molecule has 0 aromatic rings. The van der Waals surface area contributed by atoms with E-state index in [4.69, 9.17) is 22.7 Å². The highest BCUT2D eigenvalue weighted by atomic mass is 32.1. The van der Waals surface area contributed by atoms with Crippen LogP contribution in [0.2, 0.25) is 0 Å². The summed E-state index contributed by atoms with van der Waals surface area (Å²) in [4.78, 5) is 14.7. The van der Waals surface area contributed by atoms with Crippen molar-refractivity contribution in [2.24, 2.45) is 11.7 Å². The van der Waals surface area contributed by atoms with Crippen molar-refractivity contribution in [1.29, 1.82) is 0 Å². The molecular weight excluding hydrogens is 236 g/mol.